The summed E-state index contributed by atoms with van der Waals surface area (Å²) in [4.78, 5) is 31.6. The van der Waals surface area contributed by atoms with Gasteiger partial charge in [-0.3, -0.25) is 9.59 Å². The van der Waals surface area contributed by atoms with Crippen molar-refractivity contribution in [3.63, 3.8) is 0 Å². The predicted octanol–water partition coefficient (Wildman–Crippen LogP) is 4.07. The standard InChI is InChI=1S/C20H25N3O2S/c1-13(2)17-12-26-20(21-17)22-18(24)16-5-4-10-23(11-16)19(25)15-8-6-14(3)7-9-15/h6-9,12-13,16H,4-5,10-11H2,1-3H3,(H,21,22,24). The van der Waals surface area contributed by atoms with Gasteiger partial charge in [-0.15, -0.1) is 11.3 Å². The summed E-state index contributed by atoms with van der Waals surface area (Å²) in [6, 6.07) is 7.58. The first kappa shape index (κ1) is 18.6. The number of amides is 2. The zero-order valence-corrected chi connectivity index (χ0v) is 16.3. The minimum atomic E-state index is -0.190. The molecule has 1 aromatic heterocycles. The summed E-state index contributed by atoms with van der Waals surface area (Å²) in [5, 5.41) is 5.54. The number of piperidine rings is 1. The first-order chi connectivity index (χ1) is 12.4. The minimum absolute atomic E-state index is 0.00107. The number of thiazole rings is 1. The van der Waals surface area contributed by atoms with E-state index in [4.69, 9.17) is 0 Å². The maximum Gasteiger partial charge on any atom is 0.253 e. The molecule has 0 saturated carbocycles. The lowest BCUT2D eigenvalue weighted by Crippen LogP contribution is -2.43. The van der Waals surface area contributed by atoms with Crippen molar-refractivity contribution in [2.45, 2.75) is 39.5 Å². The van der Waals surface area contributed by atoms with E-state index in [1.165, 1.54) is 11.3 Å². The van der Waals surface area contributed by atoms with Gasteiger partial charge in [0.15, 0.2) is 5.13 Å². The van der Waals surface area contributed by atoms with Crippen LogP contribution in [0.25, 0.3) is 0 Å². The van der Waals surface area contributed by atoms with E-state index in [2.05, 4.69) is 24.1 Å². The molecule has 1 saturated heterocycles. The lowest BCUT2D eigenvalue weighted by atomic mass is 9.96. The summed E-state index contributed by atoms with van der Waals surface area (Å²) >= 11 is 1.45. The third-order valence-electron chi connectivity index (χ3n) is 4.72. The molecule has 2 heterocycles. The molecular formula is C20H25N3O2S. The Balaban J connectivity index is 1.62. The van der Waals surface area contributed by atoms with Gasteiger partial charge in [-0.1, -0.05) is 31.5 Å². The summed E-state index contributed by atoms with van der Waals surface area (Å²) in [5.74, 6) is 0.105. The van der Waals surface area contributed by atoms with Crippen LogP contribution in [-0.2, 0) is 4.79 Å². The average Bonchev–Trinajstić information content (AvgIpc) is 3.11. The number of rotatable bonds is 4. The molecule has 1 N–H and O–H groups in total. The van der Waals surface area contributed by atoms with Gasteiger partial charge in [0, 0.05) is 24.0 Å². The SMILES string of the molecule is Cc1ccc(C(=O)N2CCCC(C(=O)Nc3nc(C(C)C)cs3)C2)cc1. The van der Waals surface area contributed by atoms with Crippen molar-refractivity contribution in [1.82, 2.24) is 9.88 Å². The quantitative estimate of drug-likeness (QED) is 0.881. The first-order valence-electron chi connectivity index (χ1n) is 9.06. The van der Waals surface area contributed by atoms with Gasteiger partial charge in [0.25, 0.3) is 5.91 Å². The molecule has 0 radical (unpaired) electrons. The van der Waals surface area contributed by atoms with E-state index >= 15 is 0 Å². The number of aromatic nitrogens is 1. The van der Waals surface area contributed by atoms with Crippen LogP contribution < -0.4 is 5.32 Å². The topological polar surface area (TPSA) is 62.3 Å². The van der Waals surface area contributed by atoms with Crippen molar-refractivity contribution in [3.05, 3.63) is 46.5 Å². The zero-order valence-electron chi connectivity index (χ0n) is 15.5. The summed E-state index contributed by atoms with van der Waals surface area (Å²) < 4.78 is 0. The largest absolute Gasteiger partial charge is 0.338 e. The van der Waals surface area contributed by atoms with Crippen LogP contribution in [0.2, 0.25) is 0 Å². The Morgan fingerprint density at radius 3 is 2.65 bits per heavy atom. The molecule has 1 aliphatic heterocycles. The molecule has 0 spiro atoms. The summed E-state index contributed by atoms with van der Waals surface area (Å²) in [6.07, 6.45) is 1.64. The Morgan fingerprint density at radius 1 is 1.27 bits per heavy atom. The predicted molar refractivity (Wildman–Crippen MR) is 105 cm³/mol. The molecule has 1 unspecified atom stereocenters. The molecule has 1 aromatic carbocycles. The third-order valence-corrected chi connectivity index (χ3v) is 5.50. The molecule has 1 aliphatic rings. The van der Waals surface area contributed by atoms with Crippen LogP contribution in [0.3, 0.4) is 0 Å². The van der Waals surface area contributed by atoms with E-state index in [1.54, 1.807) is 4.90 Å². The fraction of sp³-hybridized carbons (Fsp3) is 0.450. The Labute approximate surface area is 158 Å². The number of carbonyl (C=O) groups is 2. The van der Waals surface area contributed by atoms with E-state index in [-0.39, 0.29) is 17.7 Å². The Hall–Kier alpha value is -2.21. The minimum Gasteiger partial charge on any atom is -0.338 e. The monoisotopic (exact) mass is 371 g/mol. The second kappa shape index (κ2) is 7.99. The van der Waals surface area contributed by atoms with E-state index in [0.717, 1.165) is 24.1 Å². The van der Waals surface area contributed by atoms with E-state index in [9.17, 15) is 9.59 Å². The van der Waals surface area contributed by atoms with Crippen molar-refractivity contribution in [2.75, 3.05) is 18.4 Å². The van der Waals surface area contributed by atoms with Crippen LogP contribution in [0.15, 0.2) is 29.6 Å². The van der Waals surface area contributed by atoms with Crippen LogP contribution in [0.1, 0.15) is 54.2 Å². The number of hydrogen-bond acceptors (Lipinski definition) is 4. The molecule has 26 heavy (non-hydrogen) atoms. The molecule has 3 rings (SSSR count). The molecular weight excluding hydrogens is 346 g/mol. The number of benzene rings is 1. The van der Waals surface area contributed by atoms with Crippen molar-refractivity contribution in [3.8, 4) is 0 Å². The van der Waals surface area contributed by atoms with Crippen LogP contribution in [0, 0.1) is 12.8 Å². The van der Waals surface area contributed by atoms with Gasteiger partial charge in [-0.05, 0) is 37.8 Å². The van der Waals surface area contributed by atoms with Crippen molar-refractivity contribution < 1.29 is 9.59 Å². The van der Waals surface area contributed by atoms with Crippen molar-refractivity contribution in [2.24, 2.45) is 5.92 Å². The lowest BCUT2D eigenvalue weighted by Gasteiger charge is -2.32. The van der Waals surface area contributed by atoms with Gasteiger partial charge >= 0.3 is 0 Å². The number of aryl methyl sites for hydroxylation is 1. The maximum atomic E-state index is 12.7. The molecule has 5 nitrogen and oxygen atoms in total. The molecule has 1 atom stereocenters. The molecule has 2 aromatic rings. The summed E-state index contributed by atoms with van der Waals surface area (Å²) in [6.45, 7) is 7.32. The van der Waals surface area contributed by atoms with Gasteiger partial charge in [-0.2, -0.15) is 0 Å². The highest BCUT2D eigenvalue weighted by Gasteiger charge is 2.29. The van der Waals surface area contributed by atoms with Gasteiger partial charge in [0.1, 0.15) is 0 Å². The van der Waals surface area contributed by atoms with Crippen LogP contribution in [0.4, 0.5) is 5.13 Å². The normalized spacial score (nSPS) is 17.4. The molecule has 138 valence electrons. The fourth-order valence-electron chi connectivity index (χ4n) is 3.07. The molecule has 0 bridgehead atoms. The second-order valence-electron chi connectivity index (χ2n) is 7.18. The number of likely N-dealkylation sites (tertiary alicyclic amines) is 1. The zero-order chi connectivity index (χ0) is 18.7. The highest BCUT2D eigenvalue weighted by molar-refractivity contribution is 7.13. The Bertz CT molecular complexity index is 783. The number of anilines is 1. The average molecular weight is 372 g/mol. The van der Waals surface area contributed by atoms with Gasteiger partial charge in [0.05, 0.1) is 11.6 Å². The molecule has 6 heteroatoms. The Morgan fingerprint density at radius 2 is 2.00 bits per heavy atom. The highest BCUT2D eigenvalue weighted by atomic mass is 32.1. The first-order valence-corrected chi connectivity index (χ1v) is 9.94. The van der Waals surface area contributed by atoms with Crippen molar-refractivity contribution in [1.29, 1.82) is 0 Å². The number of nitrogens with one attached hydrogen (secondary N) is 1. The van der Waals surface area contributed by atoms with Crippen LogP contribution >= 0.6 is 11.3 Å². The maximum absolute atomic E-state index is 12.7. The van der Waals surface area contributed by atoms with Gasteiger partial charge in [0.2, 0.25) is 5.91 Å². The highest BCUT2D eigenvalue weighted by Crippen LogP contribution is 2.24. The van der Waals surface area contributed by atoms with Gasteiger partial charge in [-0.25, -0.2) is 4.98 Å². The smallest absolute Gasteiger partial charge is 0.253 e. The Kier molecular flexibility index (Phi) is 5.71. The van der Waals surface area contributed by atoms with Gasteiger partial charge < -0.3 is 10.2 Å². The summed E-state index contributed by atoms with van der Waals surface area (Å²) in [7, 11) is 0. The van der Waals surface area contributed by atoms with Crippen LogP contribution in [-0.4, -0.2) is 34.8 Å². The van der Waals surface area contributed by atoms with Crippen molar-refractivity contribution >= 4 is 28.3 Å². The second-order valence-corrected chi connectivity index (χ2v) is 8.04. The van der Waals surface area contributed by atoms with E-state index in [0.29, 0.717) is 29.7 Å². The third kappa shape index (κ3) is 4.30. The molecule has 1 fully saturated rings. The molecule has 0 aliphatic carbocycles. The number of carbonyl (C=O) groups excluding carboxylic acids is 2. The van der Waals surface area contributed by atoms with E-state index in [1.807, 2.05) is 36.6 Å². The molecule has 2 amide bonds. The summed E-state index contributed by atoms with van der Waals surface area (Å²) in [5.41, 5.74) is 2.80. The van der Waals surface area contributed by atoms with Crippen LogP contribution in [0.5, 0.6) is 0 Å². The number of nitrogens with zero attached hydrogens (tertiary/aromatic N) is 2. The lowest BCUT2D eigenvalue weighted by molar-refractivity contribution is -0.121. The number of hydrogen-bond donors (Lipinski definition) is 1. The fourth-order valence-corrected chi connectivity index (χ4v) is 3.95. The van der Waals surface area contributed by atoms with E-state index < -0.39 is 0 Å².